The molecule has 7 nitrogen and oxygen atoms in total. The highest BCUT2D eigenvalue weighted by Crippen LogP contribution is 2.41. The van der Waals surface area contributed by atoms with Crippen molar-refractivity contribution < 1.29 is 14.5 Å². The van der Waals surface area contributed by atoms with Crippen molar-refractivity contribution in [2.45, 2.75) is 13.3 Å². The highest BCUT2D eigenvalue weighted by Gasteiger charge is 2.35. The number of nitrogens with one attached hydrogen (secondary N) is 1. The van der Waals surface area contributed by atoms with Gasteiger partial charge in [-0.15, -0.1) is 0 Å². The molecule has 0 radical (unpaired) electrons. The van der Waals surface area contributed by atoms with Gasteiger partial charge in [-0.2, -0.15) is 0 Å². The van der Waals surface area contributed by atoms with Crippen molar-refractivity contribution in [2.75, 3.05) is 11.9 Å². The van der Waals surface area contributed by atoms with Crippen molar-refractivity contribution in [2.24, 2.45) is 0 Å². The minimum Gasteiger partial charge on any atom is -0.349 e. The number of benzene rings is 3. The fourth-order valence-electron chi connectivity index (χ4n) is 3.58. The van der Waals surface area contributed by atoms with Crippen LogP contribution in [0.5, 0.6) is 0 Å². The molecule has 0 spiro atoms. The Kier molecular flexibility index (Phi) is 4.79. The Balaban J connectivity index is 1.98. The SMILES string of the molecule is CCCN1C(=O)c2cccc3c(Nc4ccc(Br)cc4)c([N+](=O)[O-])cc(c23)C1=O. The number of hydrogen-bond donors (Lipinski definition) is 1. The van der Waals surface area contributed by atoms with Gasteiger partial charge in [0.25, 0.3) is 17.5 Å². The molecule has 1 heterocycles. The monoisotopic (exact) mass is 453 g/mol. The van der Waals surface area contributed by atoms with Gasteiger partial charge < -0.3 is 5.32 Å². The van der Waals surface area contributed by atoms with E-state index in [1.165, 1.54) is 6.07 Å². The van der Waals surface area contributed by atoms with Crippen molar-refractivity contribution in [3.63, 3.8) is 0 Å². The molecule has 1 N–H and O–H groups in total. The van der Waals surface area contributed by atoms with E-state index in [2.05, 4.69) is 21.2 Å². The number of nitro benzene ring substituents is 1. The first-order valence-electron chi connectivity index (χ1n) is 9.05. The summed E-state index contributed by atoms with van der Waals surface area (Å²) in [4.78, 5) is 38.3. The summed E-state index contributed by atoms with van der Waals surface area (Å²) in [6.07, 6.45) is 0.605. The van der Waals surface area contributed by atoms with E-state index in [0.29, 0.717) is 28.4 Å². The number of rotatable bonds is 5. The summed E-state index contributed by atoms with van der Waals surface area (Å²) in [7, 11) is 0. The van der Waals surface area contributed by atoms with Gasteiger partial charge in [-0.05, 0) is 36.8 Å². The molecule has 146 valence electrons. The van der Waals surface area contributed by atoms with Gasteiger partial charge in [0.2, 0.25) is 0 Å². The Labute approximate surface area is 174 Å². The molecule has 0 saturated heterocycles. The minimum absolute atomic E-state index is 0.178. The smallest absolute Gasteiger partial charge is 0.294 e. The zero-order valence-corrected chi connectivity index (χ0v) is 17.0. The van der Waals surface area contributed by atoms with Gasteiger partial charge in [0, 0.05) is 39.1 Å². The number of halogens is 1. The molecule has 1 aliphatic heterocycles. The molecule has 0 saturated carbocycles. The summed E-state index contributed by atoms with van der Waals surface area (Å²) in [6.45, 7) is 2.13. The van der Waals surface area contributed by atoms with E-state index in [1.54, 1.807) is 30.3 Å². The average molecular weight is 454 g/mol. The Hall–Kier alpha value is -3.26. The van der Waals surface area contributed by atoms with Crippen LogP contribution >= 0.6 is 15.9 Å². The molecule has 0 unspecified atom stereocenters. The molecule has 0 aliphatic carbocycles. The van der Waals surface area contributed by atoms with Crippen LogP contribution in [0.1, 0.15) is 34.1 Å². The third-order valence-corrected chi connectivity index (χ3v) is 5.38. The Morgan fingerprint density at radius 1 is 1.07 bits per heavy atom. The molecule has 29 heavy (non-hydrogen) atoms. The van der Waals surface area contributed by atoms with Crippen molar-refractivity contribution in [3.8, 4) is 0 Å². The summed E-state index contributed by atoms with van der Waals surface area (Å²) in [5.74, 6) is -0.878. The Morgan fingerprint density at radius 3 is 2.41 bits per heavy atom. The molecule has 0 bridgehead atoms. The third kappa shape index (κ3) is 3.15. The molecule has 1 aliphatic rings. The standard InChI is InChI=1S/C21H16BrN3O4/c1-2-10-24-20(26)15-5-3-4-14-18(15)16(21(24)27)11-17(25(28)29)19(14)23-13-8-6-12(22)7-9-13/h3-9,11,23H,2,10H2,1H3. The highest BCUT2D eigenvalue weighted by molar-refractivity contribution is 9.10. The summed E-state index contributed by atoms with van der Waals surface area (Å²) in [6, 6.07) is 13.5. The van der Waals surface area contributed by atoms with Gasteiger partial charge in [0.15, 0.2) is 0 Å². The van der Waals surface area contributed by atoms with Crippen molar-refractivity contribution >= 4 is 55.6 Å². The number of anilines is 2. The predicted molar refractivity (Wildman–Crippen MR) is 114 cm³/mol. The zero-order valence-electron chi connectivity index (χ0n) is 15.4. The summed E-state index contributed by atoms with van der Waals surface area (Å²) < 4.78 is 0.877. The van der Waals surface area contributed by atoms with Gasteiger partial charge in [-0.1, -0.05) is 35.0 Å². The molecule has 4 rings (SSSR count). The van der Waals surface area contributed by atoms with Crippen molar-refractivity contribution in [1.29, 1.82) is 0 Å². The van der Waals surface area contributed by atoms with Crippen molar-refractivity contribution in [1.82, 2.24) is 4.90 Å². The molecule has 2 amide bonds. The van der Waals surface area contributed by atoms with E-state index in [4.69, 9.17) is 0 Å². The van der Waals surface area contributed by atoms with Crippen LogP contribution in [-0.2, 0) is 0 Å². The van der Waals surface area contributed by atoms with Crippen LogP contribution in [0.25, 0.3) is 10.8 Å². The van der Waals surface area contributed by atoms with Crippen molar-refractivity contribution in [3.05, 3.63) is 74.2 Å². The van der Waals surface area contributed by atoms with E-state index in [9.17, 15) is 19.7 Å². The van der Waals surface area contributed by atoms with Gasteiger partial charge in [-0.25, -0.2) is 0 Å². The zero-order chi connectivity index (χ0) is 20.7. The van der Waals surface area contributed by atoms with Gasteiger partial charge in [0.1, 0.15) is 5.69 Å². The van der Waals surface area contributed by atoms with Gasteiger partial charge in [-0.3, -0.25) is 24.6 Å². The lowest BCUT2D eigenvalue weighted by Crippen LogP contribution is -2.40. The Bertz CT molecular complexity index is 1170. The highest BCUT2D eigenvalue weighted by atomic mass is 79.9. The number of carbonyl (C=O) groups excluding carboxylic acids is 2. The van der Waals surface area contributed by atoms with E-state index >= 15 is 0 Å². The van der Waals surface area contributed by atoms with E-state index in [0.717, 1.165) is 9.37 Å². The lowest BCUT2D eigenvalue weighted by atomic mass is 9.92. The molecular weight excluding hydrogens is 438 g/mol. The topological polar surface area (TPSA) is 92.6 Å². The number of carbonyl (C=O) groups is 2. The summed E-state index contributed by atoms with van der Waals surface area (Å²) in [5.41, 5.74) is 1.24. The lowest BCUT2D eigenvalue weighted by molar-refractivity contribution is -0.383. The second kappa shape index (κ2) is 7.29. The van der Waals surface area contributed by atoms with Gasteiger partial charge in [0.05, 0.1) is 10.5 Å². The van der Waals surface area contributed by atoms with Crippen LogP contribution in [0.4, 0.5) is 17.1 Å². The first-order chi connectivity index (χ1) is 13.9. The summed E-state index contributed by atoms with van der Waals surface area (Å²) >= 11 is 3.36. The molecule has 8 heteroatoms. The molecule has 0 fully saturated rings. The van der Waals surface area contributed by atoms with Crippen LogP contribution in [0, 0.1) is 10.1 Å². The normalized spacial score (nSPS) is 13.1. The number of imide groups is 1. The maximum atomic E-state index is 12.9. The number of nitro groups is 1. The summed E-state index contributed by atoms with van der Waals surface area (Å²) in [5, 5.41) is 15.8. The van der Waals surface area contributed by atoms with Crippen LogP contribution in [-0.4, -0.2) is 28.2 Å². The first kappa shape index (κ1) is 19.1. The lowest BCUT2D eigenvalue weighted by Gasteiger charge is -2.27. The fourth-order valence-corrected chi connectivity index (χ4v) is 3.84. The quantitative estimate of drug-likeness (QED) is 0.323. The second-order valence-electron chi connectivity index (χ2n) is 6.70. The van der Waals surface area contributed by atoms with Crippen LogP contribution in [0.15, 0.2) is 53.0 Å². The number of amides is 2. The predicted octanol–water partition coefficient (Wildman–Crippen LogP) is 5.26. The van der Waals surface area contributed by atoms with Crippen LogP contribution in [0.3, 0.4) is 0 Å². The average Bonchev–Trinajstić information content (AvgIpc) is 2.71. The first-order valence-corrected chi connectivity index (χ1v) is 9.84. The van der Waals surface area contributed by atoms with Crippen LogP contribution < -0.4 is 5.32 Å². The fraction of sp³-hybridized carbons (Fsp3) is 0.143. The molecule has 0 aromatic heterocycles. The van der Waals surface area contributed by atoms with E-state index < -0.39 is 10.8 Å². The molecule has 3 aromatic carbocycles. The van der Waals surface area contributed by atoms with E-state index in [1.807, 2.05) is 19.1 Å². The van der Waals surface area contributed by atoms with Crippen LogP contribution in [0.2, 0.25) is 0 Å². The molecule has 0 atom stereocenters. The number of hydrogen-bond acceptors (Lipinski definition) is 5. The van der Waals surface area contributed by atoms with Gasteiger partial charge >= 0.3 is 0 Å². The second-order valence-corrected chi connectivity index (χ2v) is 7.61. The molecular formula is C21H16BrN3O4. The largest absolute Gasteiger partial charge is 0.349 e. The molecule has 3 aromatic rings. The maximum Gasteiger partial charge on any atom is 0.294 e. The Morgan fingerprint density at radius 2 is 1.76 bits per heavy atom. The third-order valence-electron chi connectivity index (χ3n) is 4.85. The van der Waals surface area contributed by atoms with E-state index in [-0.39, 0.29) is 29.4 Å². The number of nitrogens with zero attached hydrogens (tertiary/aromatic N) is 2. The maximum absolute atomic E-state index is 12.9. The minimum atomic E-state index is -0.516.